The summed E-state index contributed by atoms with van der Waals surface area (Å²) in [6, 6.07) is 15.1. The smallest absolute Gasteiger partial charge is 0.266 e. The van der Waals surface area contributed by atoms with Gasteiger partial charge in [0, 0.05) is 4.47 Å². The molecular weight excluding hydrogens is 416 g/mol. The van der Waals surface area contributed by atoms with Gasteiger partial charge in [0.1, 0.15) is 17.4 Å². The second kappa shape index (κ2) is 9.57. The zero-order valence-corrected chi connectivity index (χ0v) is 18.3. The minimum atomic E-state index is -0.446. The van der Waals surface area contributed by atoms with E-state index in [0.717, 1.165) is 27.8 Å². The van der Waals surface area contributed by atoms with Gasteiger partial charge in [0.05, 0.1) is 12.3 Å². The SMILES string of the molecule is CCCOc1ccc(/C=C(\C#N)C(=O)Nc2ccc(C(C)(C)C)cc2Br)cc1. The molecule has 146 valence electrons. The van der Waals surface area contributed by atoms with Crippen LogP contribution in [0.5, 0.6) is 5.75 Å². The van der Waals surface area contributed by atoms with Gasteiger partial charge in [0.2, 0.25) is 0 Å². The van der Waals surface area contributed by atoms with Gasteiger partial charge in [-0.25, -0.2) is 0 Å². The van der Waals surface area contributed by atoms with Crippen LogP contribution in [0.2, 0.25) is 0 Å². The highest BCUT2D eigenvalue weighted by molar-refractivity contribution is 9.10. The Kier molecular flexibility index (Phi) is 7.42. The Balaban J connectivity index is 2.15. The van der Waals surface area contributed by atoms with Gasteiger partial charge in [-0.05, 0) is 69.2 Å². The fourth-order valence-corrected chi connectivity index (χ4v) is 2.95. The van der Waals surface area contributed by atoms with Crippen LogP contribution < -0.4 is 10.1 Å². The van der Waals surface area contributed by atoms with Gasteiger partial charge in [0.15, 0.2) is 0 Å². The number of nitriles is 1. The van der Waals surface area contributed by atoms with E-state index in [9.17, 15) is 10.1 Å². The third kappa shape index (κ3) is 5.97. The number of benzene rings is 2. The van der Waals surface area contributed by atoms with Crippen LogP contribution in [0, 0.1) is 11.3 Å². The molecule has 0 unspecified atom stereocenters. The lowest BCUT2D eigenvalue weighted by Crippen LogP contribution is -2.15. The fraction of sp³-hybridized carbons (Fsp3) is 0.304. The molecule has 28 heavy (non-hydrogen) atoms. The lowest BCUT2D eigenvalue weighted by atomic mass is 9.87. The van der Waals surface area contributed by atoms with Gasteiger partial charge in [0.25, 0.3) is 5.91 Å². The van der Waals surface area contributed by atoms with E-state index >= 15 is 0 Å². The number of nitrogens with one attached hydrogen (secondary N) is 1. The number of anilines is 1. The molecule has 4 nitrogen and oxygen atoms in total. The number of amides is 1. The van der Waals surface area contributed by atoms with Crippen LogP contribution >= 0.6 is 15.9 Å². The Labute approximate surface area is 175 Å². The molecule has 0 aliphatic rings. The normalized spacial score (nSPS) is 11.6. The van der Waals surface area contributed by atoms with E-state index in [2.05, 4.69) is 42.0 Å². The molecule has 0 bridgehead atoms. The Morgan fingerprint density at radius 2 is 1.89 bits per heavy atom. The lowest BCUT2D eigenvalue weighted by Gasteiger charge is -2.20. The lowest BCUT2D eigenvalue weighted by molar-refractivity contribution is -0.112. The Morgan fingerprint density at radius 3 is 2.43 bits per heavy atom. The first-order valence-electron chi connectivity index (χ1n) is 9.20. The van der Waals surface area contributed by atoms with Gasteiger partial charge in [-0.3, -0.25) is 4.79 Å². The molecule has 0 atom stereocenters. The first kappa shape index (κ1) is 21.7. The number of ether oxygens (including phenoxy) is 1. The second-order valence-electron chi connectivity index (χ2n) is 7.49. The average molecular weight is 441 g/mol. The summed E-state index contributed by atoms with van der Waals surface area (Å²) in [6.45, 7) is 9.08. The van der Waals surface area contributed by atoms with Crippen LogP contribution in [0.15, 0.2) is 52.5 Å². The summed E-state index contributed by atoms with van der Waals surface area (Å²) in [5.41, 5.74) is 2.59. The van der Waals surface area contributed by atoms with E-state index in [1.807, 2.05) is 55.5 Å². The number of hydrogen-bond donors (Lipinski definition) is 1. The van der Waals surface area contributed by atoms with E-state index in [-0.39, 0.29) is 11.0 Å². The van der Waals surface area contributed by atoms with Gasteiger partial charge in [-0.1, -0.05) is 45.9 Å². The molecule has 2 rings (SSSR count). The van der Waals surface area contributed by atoms with Crippen LogP contribution in [0.25, 0.3) is 6.08 Å². The molecule has 0 radical (unpaired) electrons. The van der Waals surface area contributed by atoms with Crippen molar-refractivity contribution in [1.29, 1.82) is 5.26 Å². The van der Waals surface area contributed by atoms with E-state index in [1.165, 1.54) is 0 Å². The predicted molar refractivity (Wildman–Crippen MR) is 117 cm³/mol. The van der Waals surface area contributed by atoms with Crippen LogP contribution in [-0.4, -0.2) is 12.5 Å². The molecule has 0 aromatic heterocycles. The number of carbonyl (C=O) groups excluding carboxylic acids is 1. The van der Waals surface area contributed by atoms with E-state index in [1.54, 1.807) is 6.08 Å². The third-order valence-electron chi connectivity index (χ3n) is 4.11. The predicted octanol–water partition coefficient (Wildman–Crippen LogP) is 6.08. The zero-order valence-electron chi connectivity index (χ0n) is 16.7. The van der Waals surface area contributed by atoms with Crippen molar-refractivity contribution in [1.82, 2.24) is 0 Å². The monoisotopic (exact) mass is 440 g/mol. The minimum absolute atomic E-state index is 0.00970. The van der Waals surface area contributed by atoms with E-state index in [4.69, 9.17) is 4.74 Å². The van der Waals surface area contributed by atoms with E-state index < -0.39 is 5.91 Å². The molecule has 0 spiro atoms. The number of hydrogen-bond acceptors (Lipinski definition) is 3. The fourth-order valence-electron chi connectivity index (χ4n) is 2.47. The van der Waals surface area contributed by atoms with Crippen LogP contribution in [0.1, 0.15) is 45.2 Å². The van der Waals surface area contributed by atoms with Crippen LogP contribution in [-0.2, 0) is 10.2 Å². The highest BCUT2D eigenvalue weighted by Gasteiger charge is 2.16. The quantitative estimate of drug-likeness (QED) is 0.437. The van der Waals surface area contributed by atoms with Gasteiger partial charge >= 0.3 is 0 Å². The van der Waals surface area contributed by atoms with Crippen molar-refractivity contribution in [2.24, 2.45) is 0 Å². The molecule has 2 aromatic rings. The zero-order chi connectivity index (χ0) is 20.7. The molecular formula is C23H25BrN2O2. The van der Waals surface area contributed by atoms with Crippen molar-refractivity contribution in [3.05, 3.63) is 63.6 Å². The summed E-state index contributed by atoms with van der Waals surface area (Å²) < 4.78 is 6.32. The van der Waals surface area contributed by atoms with Crippen molar-refractivity contribution in [3.8, 4) is 11.8 Å². The minimum Gasteiger partial charge on any atom is -0.494 e. The highest BCUT2D eigenvalue weighted by atomic mass is 79.9. The second-order valence-corrected chi connectivity index (χ2v) is 8.34. The van der Waals surface area contributed by atoms with Crippen molar-refractivity contribution >= 4 is 33.6 Å². The number of carbonyl (C=O) groups is 1. The Bertz CT molecular complexity index is 904. The molecule has 0 aliphatic carbocycles. The first-order chi connectivity index (χ1) is 13.2. The highest BCUT2D eigenvalue weighted by Crippen LogP contribution is 2.30. The molecule has 1 N–H and O–H groups in total. The molecule has 2 aromatic carbocycles. The van der Waals surface area contributed by atoms with Crippen molar-refractivity contribution in [3.63, 3.8) is 0 Å². The van der Waals surface area contributed by atoms with Crippen molar-refractivity contribution in [2.45, 2.75) is 39.5 Å². The van der Waals surface area contributed by atoms with Gasteiger partial charge in [-0.2, -0.15) is 5.26 Å². The first-order valence-corrected chi connectivity index (χ1v) is 10.00. The molecule has 0 saturated heterocycles. The molecule has 0 aliphatic heterocycles. The third-order valence-corrected chi connectivity index (χ3v) is 4.77. The molecule has 0 saturated carbocycles. The summed E-state index contributed by atoms with van der Waals surface area (Å²) in [6.07, 6.45) is 2.50. The van der Waals surface area contributed by atoms with Crippen LogP contribution in [0.4, 0.5) is 5.69 Å². The molecule has 1 amide bonds. The maximum atomic E-state index is 12.5. The van der Waals surface area contributed by atoms with E-state index in [0.29, 0.717) is 12.3 Å². The Hall–Kier alpha value is -2.58. The molecule has 5 heteroatoms. The summed E-state index contributed by atoms with van der Waals surface area (Å²) in [5, 5.41) is 12.2. The average Bonchev–Trinajstić information content (AvgIpc) is 2.66. The van der Waals surface area contributed by atoms with Crippen molar-refractivity contribution in [2.75, 3.05) is 11.9 Å². The standard InChI is InChI=1S/C23H25BrN2O2/c1-5-12-28-19-9-6-16(7-10-19)13-17(15-25)22(27)26-21-11-8-18(14-20(21)24)23(2,3)4/h6-11,13-14H,5,12H2,1-4H3,(H,26,27)/b17-13+. The van der Waals surface area contributed by atoms with Gasteiger partial charge in [-0.15, -0.1) is 0 Å². The summed E-state index contributed by atoms with van der Waals surface area (Å²) >= 11 is 3.50. The Morgan fingerprint density at radius 1 is 1.21 bits per heavy atom. The maximum absolute atomic E-state index is 12.5. The molecule has 0 heterocycles. The summed E-state index contributed by atoms with van der Waals surface area (Å²) in [5.74, 6) is 0.322. The van der Waals surface area contributed by atoms with Crippen LogP contribution in [0.3, 0.4) is 0 Å². The summed E-state index contributed by atoms with van der Waals surface area (Å²) in [4.78, 5) is 12.5. The summed E-state index contributed by atoms with van der Waals surface area (Å²) in [7, 11) is 0. The van der Waals surface area contributed by atoms with Gasteiger partial charge < -0.3 is 10.1 Å². The molecule has 0 fully saturated rings. The number of halogens is 1. The largest absolute Gasteiger partial charge is 0.494 e. The topological polar surface area (TPSA) is 62.1 Å². The van der Waals surface area contributed by atoms with Crippen molar-refractivity contribution < 1.29 is 9.53 Å². The number of nitrogens with zero attached hydrogens (tertiary/aromatic N) is 1. The number of rotatable bonds is 6. The maximum Gasteiger partial charge on any atom is 0.266 e.